The Labute approximate surface area is 133 Å². The van der Waals surface area contributed by atoms with Gasteiger partial charge in [0.15, 0.2) is 9.84 Å². The highest BCUT2D eigenvalue weighted by Gasteiger charge is 2.34. The monoisotopic (exact) mass is 382 g/mol. The molecule has 7 heteroatoms. The van der Waals surface area contributed by atoms with Gasteiger partial charge in [-0.1, -0.05) is 34.5 Å². The molecule has 114 valence electrons. The van der Waals surface area contributed by atoms with Gasteiger partial charge in [-0.05, 0) is 31.1 Å². The Hall–Kier alpha value is -0.0700. The van der Waals surface area contributed by atoms with Gasteiger partial charge in [0.25, 0.3) is 0 Å². The van der Waals surface area contributed by atoms with Gasteiger partial charge in [-0.25, -0.2) is 8.42 Å². The van der Waals surface area contributed by atoms with E-state index in [4.69, 9.17) is 11.6 Å². The quantitative estimate of drug-likeness (QED) is 0.734. The van der Waals surface area contributed by atoms with Crippen molar-refractivity contribution in [3.8, 4) is 0 Å². The summed E-state index contributed by atoms with van der Waals surface area (Å²) in [7, 11) is -0.939. The van der Waals surface area contributed by atoms with E-state index in [1.165, 1.54) is 0 Å². The number of nitrogens with zero attached hydrogens (tertiary/aromatic N) is 2. The Morgan fingerprint density at radius 3 is 2.70 bits per heavy atom. The normalized spacial score (nSPS) is 23.1. The molecule has 2 heterocycles. The fourth-order valence-electron chi connectivity index (χ4n) is 2.83. The number of hydrogen-bond acceptors (Lipinski definition) is 3. The minimum Gasteiger partial charge on any atom is -0.271 e. The van der Waals surface area contributed by atoms with Gasteiger partial charge < -0.3 is 0 Å². The lowest BCUT2D eigenvalue weighted by atomic mass is 9.89. The first-order valence-corrected chi connectivity index (χ1v) is 10.2. The number of halogens is 2. The first-order valence-electron chi connectivity index (χ1n) is 6.84. The van der Waals surface area contributed by atoms with E-state index >= 15 is 0 Å². The van der Waals surface area contributed by atoms with Crippen molar-refractivity contribution in [1.82, 2.24) is 9.78 Å². The lowest BCUT2D eigenvalue weighted by molar-refractivity contribution is 0.393. The van der Waals surface area contributed by atoms with Gasteiger partial charge in [0.05, 0.1) is 27.9 Å². The summed E-state index contributed by atoms with van der Waals surface area (Å²) >= 11 is 9.90. The minimum atomic E-state index is -2.84. The van der Waals surface area contributed by atoms with Crippen molar-refractivity contribution in [2.75, 3.05) is 16.8 Å². The Morgan fingerprint density at radius 1 is 1.55 bits per heavy atom. The molecular formula is C13H20BrClN2O2S. The average Bonchev–Trinajstić information content (AvgIpc) is 2.88. The molecule has 0 bridgehead atoms. The van der Waals surface area contributed by atoms with Crippen LogP contribution in [0.2, 0.25) is 5.02 Å². The van der Waals surface area contributed by atoms with Gasteiger partial charge in [-0.3, -0.25) is 4.68 Å². The molecule has 1 aliphatic rings. The van der Waals surface area contributed by atoms with Crippen LogP contribution >= 0.6 is 27.5 Å². The lowest BCUT2D eigenvalue weighted by Gasteiger charge is -2.20. The number of rotatable bonds is 5. The van der Waals surface area contributed by atoms with Crippen molar-refractivity contribution < 1.29 is 8.42 Å². The topological polar surface area (TPSA) is 52.0 Å². The zero-order chi connectivity index (χ0) is 14.9. The zero-order valence-electron chi connectivity index (χ0n) is 11.8. The van der Waals surface area contributed by atoms with Crippen LogP contribution in [0.3, 0.4) is 0 Å². The van der Waals surface area contributed by atoms with E-state index in [9.17, 15) is 8.42 Å². The maximum absolute atomic E-state index is 11.6. The van der Waals surface area contributed by atoms with E-state index in [1.807, 2.05) is 18.7 Å². The first-order chi connectivity index (χ1) is 9.38. The van der Waals surface area contributed by atoms with Crippen molar-refractivity contribution in [2.24, 2.45) is 18.9 Å². The number of aromatic nitrogens is 2. The van der Waals surface area contributed by atoms with Crippen LogP contribution in [0.4, 0.5) is 0 Å². The van der Waals surface area contributed by atoms with Gasteiger partial charge in [0, 0.05) is 12.4 Å². The first kappa shape index (κ1) is 16.3. The molecule has 4 nitrogen and oxygen atoms in total. The zero-order valence-corrected chi connectivity index (χ0v) is 14.9. The van der Waals surface area contributed by atoms with E-state index in [1.54, 1.807) is 0 Å². The molecule has 0 aliphatic carbocycles. The molecule has 1 aromatic heterocycles. The van der Waals surface area contributed by atoms with E-state index in [-0.39, 0.29) is 11.8 Å². The number of alkyl halides is 1. The van der Waals surface area contributed by atoms with E-state index in [0.717, 1.165) is 41.0 Å². The summed E-state index contributed by atoms with van der Waals surface area (Å²) < 4.78 is 25.1. The van der Waals surface area contributed by atoms with Crippen LogP contribution in [0.5, 0.6) is 0 Å². The van der Waals surface area contributed by atoms with Crippen LogP contribution in [0.15, 0.2) is 0 Å². The third kappa shape index (κ3) is 3.39. The molecule has 2 rings (SSSR count). The summed E-state index contributed by atoms with van der Waals surface area (Å²) in [5.41, 5.74) is 1.92. The number of hydrogen-bond donors (Lipinski definition) is 0. The van der Waals surface area contributed by atoms with Gasteiger partial charge in [0.2, 0.25) is 0 Å². The molecule has 20 heavy (non-hydrogen) atoms. The summed E-state index contributed by atoms with van der Waals surface area (Å²) in [6.45, 7) is 2.03. The fourth-order valence-corrected chi connectivity index (χ4v) is 5.88. The molecule has 1 aliphatic heterocycles. The Morgan fingerprint density at radius 2 is 2.25 bits per heavy atom. The highest BCUT2D eigenvalue weighted by molar-refractivity contribution is 9.09. The van der Waals surface area contributed by atoms with Crippen LogP contribution in [-0.2, 0) is 29.7 Å². The predicted octanol–water partition coefficient (Wildman–Crippen LogP) is 2.62. The van der Waals surface area contributed by atoms with Crippen LogP contribution in [0.25, 0.3) is 0 Å². The van der Waals surface area contributed by atoms with Crippen LogP contribution < -0.4 is 0 Å². The molecule has 1 aromatic rings. The molecule has 0 N–H and O–H groups in total. The SMILES string of the molecule is CCc1nn(C)c(CC(CBr)C2CCS(=O)(=O)C2)c1Cl. The van der Waals surface area contributed by atoms with Gasteiger partial charge >= 0.3 is 0 Å². The predicted molar refractivity (Wildman–Crippen MR) is 85.3 cm³/mol. The molecule has 0 saturated carbocycles. The third-order valence-electron chi connectivity index (χ3n) is 4.09. The van der Waals surface area contributed by atoms with Crippen molar-refractivity contribution in [3.63, 3.8) is 0 Å². The van der Waals surface area contributed by atoms with Crippen LogP contribution in [0, 0.1) is 11.8 Å². The van der Waals surface area contributed by atoms with E-state index in [0.29, 0.717) is 11.5 Å². The van der Waals surface area contributed by atoms with Gasteiger partial charge in [0.1, 0.15) is 0 Å². The fraction of sp³-hybridized carbons (Fsp3) is 0.769. The van der Waals surface area contributed by atoms with Crippen LogP contribution in [-0.4, -0.2) is 35.0 Å². The molecule has 2 atom stereocenters. The number of aryl methyl sites for hydroxylation is 2. The van der Waals surface area contributed by atoms with Crippen molar-refractivity contribution >= 4 is 37.4 Å². The standard InChI is InChI=1S/C13H20BrClN2O2S/c1-3-11-13(15)12(17(2)16-11)6-10(7-14)9-4-5-20(18,19)8-9/h9-10H,3-8H2,1-2H3. The second-order valence-electron chi connectivity index (χ2n) is 5.47. The largest absolute Gasteiger partial charge is 0.271 e. The average molecular weight is 384 g/mol. The summed E-state index contributed by atoms with van der Waals surface area (Å²) in [6, 6.07) is 0. The van der Waals surface area contributed by atoms with Gasteiger partial charge in [-0.15, -0.1) is 0 Å². The maximum atomic E-state index is 11.6. The molecule has 2 unspecified atom stereocenters. The lowest BCUT2D eigenvalue weighted by Crippen LogP contribution is -2.21. The Bertz CT molecular complexity index is 585. The molecule has 0 radical (unpaired) electrons. The highest BCUT2D eigenvalue weighted by Crippen LogP contribution is 2.32. The summed E-state index contributed by atoms with van der Waals surface area (Å²) in [5, 5.41) is 5.95. The molecule has 1 saturated heterocycles. The molecule has 1 fully saturated rings. The van der Waals surface area contributed by atoms with Gasteiger partial charge in [-0.2, -0.15) is 5.10 Å². The molecule has 0 amide bonds. The molecule has 0 spiro atoms. The number of sulfone groups is 1. The maximum Gasteiger partial charge on any atom is 0.150 e. The van der Waals surface area contributed by atoms with E-state index in [2.05, 4.69) is 21.0 Å². The molecular weight excluding hydrogens is 364 g/mol. The van der Waals surface area contributed by atoms with Crippen molar-refractivity contribution in [1.29, 1.82) is 0 Å². The van der Waals surface area contributed by atoms with Crippen molar-refractivity contribution in [3.05, 3.63) is 16.4 Å². The highest BCUT2D eigenvalue weighted by atomic mass is 79.9. The summed E-state index contributed by atoms with van der Waals surface area (Å²) in [4.78, 5) is 0. The van der Waals surface area contributed by atoms with E-state index < -0.39 is 9.84 Å². The Balaban J connectivity index is 2.17. The second-order valence-corrected chi connectivity index (χ2v) is 8.72. The van der Waals surface area contributed by atoms with Crippen molar-refractivity contribution in [2.45, 2.75) is 26.2 Å². The Kier molecular flexibility index (Phi) is 5.19. The molecule has 0 aromatic carbocycles. The smallest absolute Gasteiger partial charge is 0.150 e. The van der Waals surface area contributed by atoms with Crippen LogP contribution in [0.1, 0.15) is 24.7 Å². The minimum absolute atomic E-state index is 0.218. The second kappa shape index (κ2) is 6.36. The summed E-state index contributed by atoms with van der Waals surface area (Å²) in [5.74, 6) is 1.13. The third-order valence-corrected chi connectivity index (χ3v) is 7.15. The summed E-state index contributed by atoms with van der Waals surface area (Å²) in [6.07, 6.45) is 2.34.